The molecular weight excluding hydrogens is 1070 g/mol. The van der Waals surface area contributed by atoms with Gasteiger partial charge in [0, 0.05) is 123 Å². The molecule has 8 atom stereocenters. The number of aliphatic hydroxyl groups is 4. The van der Waals surface area contributed by atoms with E-state index in [1.807, 2.05) is 48.5 Å². The highest BCUT2D eigenvalue weighted by molar-refractivity contribution is 5.69. The molecule has 0 fully saturated rings. The Balaban J connectivity index is 0.936. The van der Waals surface area contributed by atoms with Crippen molar-refractivity contribution < 1.29 is 44.5 Å². The van der Waals surface area contributed by atoms with Crippen molar-refractivity contribution in [2.45, 2.75) is 155 Å². The molecule has 2 aliphatic heterocycles. The van der Waals surface area contributed by atoms with E-state index in [4.69, 9.17) is 9.47 Å². The summed E-state index contributed by atoms with van der Waals surface area (Å²) in [5.74, 6) is 1.01. The van der Waals surface area contributed by atoms with Crippen LogP contribution in [0, 0.1) is 32.1 Å². The number of benzene rings is 4. The highest BCUT2D eigenvalue weighted by Crippen LogP contribution is 2.31. The lowest BCUT2D eigenvalue weighted by molar-refractivity contribution is -0.385. The number of nitrogens with one attached hydrogen (secondary N) is 6. The minimum absolute atomic E-state index is 0.0682. The van der Waals surface area contributed by atoms with Crippen molar-refractivity contribution >= 4 is 28.9 Å². The van der Waals surface area contributed by atoms with E-state index in [0.29, 0.717) is 61.2 Å². The molecule has 2 heterocycles. The molecule has 0 bridgehead atoms. The van der Waals surface area contributed by atoms with Gasteiger partial charge in [0.05, 0.1) is 9.85 Å². The normalized spacial score (nSPS) is 18.5. The Hall–Kier alpha value is -6.37. The fourth-order valence-electron chi connectivity index (χ4n) is 10.2. The lowest BCUT2D eigenvalue weighted by Crippen LogP contribution is -2.46. The van der Waals surface area contributed by atoms with Crippen molar-refractivity contribution in [2.75, 3.05) is 63.0 Å². The van der Waals surface area contributed by atoms with Gasteiger partial charge in [0.15, 0.2) is 0 Å². The average molecular weight is 1170 g/mol. The third-order valence-electron chi connectivity index (χ3n) is 15.6. The summed E-state index contributed by atoms with van der Waals surface area (Å²) in [5, 5.41) is 85.2. The molecule has 2 aliphatic rings. The molecule has 0 aromatic heterocycles. The molecule has 0 saturated carbocycles. The number of aliphatic hydroxyl groups excluding tert-OH is 4. The molecule has 10 N–H and O–H groups in total. The lowest BCUT2D eigenvalue weighted by Gasteiger charge is -2.25. The first-order valence-electron chi connectivity index (χ1n) is 30.0. The van der Waals surface area contributed by atoms with Crippen LogP contribution in [0.3, 0.4) is 0 Å². The number of nitro groups is 2. The number of carbonyl (C=O) groups excluding carboxylic acids is 1. The van der Waals surface area contributed by atoms with Gasteiger partial charge in [-0.15, -0.1) is 0 Å². The molecule has 21 nitrogen and oxygen atoms in total. The van der Waals surface area contributed by atoms with Gasteiger partial charge < -0.3 is 61.8 Å². The van der Waals surface area contributed by atoms with E-state index in [1.165, 1.54) is 36.4 Å². The number of hydrogen-bond acceptors (Lipinski definition) is 19. The largest absolute Gasteiger partial charge is 0.519 e. The minimum atomic E-state index is -1.11. The predicted octanol–water partition coefficient (Wildman–Crippen LogP) is 8.41. The van der Waals surface area contributed by atoms with Gasteiger partial charge in [-0.05, 0) is 136 Å². The van der Waals surface area contributed by atoms with Crippen molar-refractivity contribution in [1.82, 2.24) is 31.1 Å². The molecule has 0 unspecified atom stereocenters. The zero-order valence-electron chi connectivity index (χ0n) is 49.8. The Bertz CT molecular complexity index is 2510. The van der Waals surface area contributed by atoms with Gasteiger partial charge in [0.25, 0.3) is 11.4 Å². The van der Waals surface area contributed by atoms with Crippen LogP contribution in [0.1, 0.15) is 115 Å². The van der Waals surface area contributed by atoms with Crippen molar-refractivity contribution in [1.29, 1.82) is 0 Å². The highest BCUT2D eigenvalue weighted by atomic mass is 16.7. The Labute approximate surface area is 495 Å². The molecule has 21 heteroatoms. The van der Waals surface area contributed by atoms with Gasteiger partial charge in [-0.3, -0.25) is 20.2 Å². The summed E-state index contributed by atoms with van der Waals surface area (Å²) in [6.07, 6.45) is 11.1. The number of nitro benzene ring substituents is 2. The second-order valence-corrected chi connectivity index (χ2v) is 23.0. The zero-order valence-corrected chi connectivity index (χ0v) is 49.8. The maximum absolute atomic E-state index is 13.5. The first-order chi connectivity index (χ1) is 40.3. The molecule has 0 aliphatic carbocycles. The Kier molecular flexibility index (Phi) is 27.5. The number of nitrogens with zero attached hydrogens (tertiary/aromatic N) is 4. The monoisotopic (exact) mass is 1160 g/mol. The molecule has 0 spiro atoms. The summed E-state index contributed by atoms with van der Waals surface area (Å²) in [5.41, 5.74) is 3.85. The molecule has 0 radical (unpaired) electrons. The topological polar surface area (TPSA) is 281 Å². The number of unbranched alkanes of at least 4 members (excludes halogenated alkanes) is 6. The fraction of sp³-hybridized carbons (Fsp3) is 0.540. The first kappa shape index (κ1) is 66.8. The van der Waals surface area contributed by atoms with Crippen LogP contribution in [0.2, 0.25) is 0 Å². The van der Waals surface area contributed by atoms with Crippen LogP contribution in [-0.4, -0.2) is 148 Å². The number of ether oxygens (including phenoxy) is 2. The fourth-order valence-corrected chi connectivity index (χ4v) is 10.2. The smallest absolute Gasteiger partial charge is 0.394 e. The van der Waals surface area contributed by atoms with Gasteiger partial charge in [0.2, 0.25) is 0 Å². The van der Waals surface area contributed by atoms with Crippen molar-refractivity contribution in [3.63, 3.8) is 0 Å². The number of anilines is 2. The van der Waals surface area contributed by atoms with E-state index >= 15 is 0 Å². The highest BCUT2D eigenvalue weighted by Gasteiger charge is 2.26. The molecule has 4 aromatic rings. The van der Waals surface area contributed by atoms with Crippen LogP contribution in [0.15, 0.2) is 109 Å². The van der Waals surface area contributed by atoms with Crippen LogP contribution in [0.4, 0.5) is 27.5 Å². The van der Waals surface area contributed by atoms with Crippen molar-refractivity contribution in [2.24, 2.45) is 11.8 Å². The summed E-state index contributed by atoms with van der Waals surface area (Å²) in [6.45, 7) is 19.2. The number of non-ortho nitro benzene ring substituents is 2. The van der Waals surface area contributed by atoms with Gasteiger partial charge in [-0.25, -0.2) is 14.6 Å². The lowest BCUT2D eigenvalue weighted by atomic mass is 10.0. The molecular formula is C63H92N10O11. The SMILES string of the molecule is CC(C)[C@@H](CN[C@@H](C)CNc1ccc(Cc2cc([N+](=O)[O-])ccc2OC(=O)Oc2ccc([N+](=O)[O-])cc2Cc2ccc(NC[C@H](C)NC[C@@H](NCCCCCCN3[C@@H](O)C=C[C@@H]3O)C(C)C)cc2)cc1)NCCCCCCN1[C@@H](O)C=C[C@@H]1O. The standard InChI is InChI=1S/C63H92N10O11/c1-43(2)55(64-31-11-7-9-13-33-70-59(74)27-28-60(70)75)41-66-45(5)39-68-51-19-15-47(16-20-51)35-49-37-53(72(79)80)23-25-57(49)83-63(78)84-58-26-24-54(73(81)82)38-50(58)36-48-17-21-52(22-18-48)69-40-46(6)67-42-56(44(3)4)65-32-12-8-10-14-34-71-61(76)29-30-62(71)77/h15-30,37-38,43-46,55-56,59-62,64-69,74-77H,7-14,31-36,39-42H2,1-6H3/t45-,46-,55+,56+,59-,60-,61-,62-/m0/s1. The van der Waals surface area contributed by atoms with Crippen molar-refractivity contribution in [3.8, 4) is 11.5 Å². The third kappa shape index (κ3) is 22.2. The van der Waals surface area contributed by atoms with E-state index in [1.54, 1.807) is 34.1 Å². The van der Waals surface area contributed by atoms with E-state index < -0.39 is 40.9 Å². The van der Waals surface area contributed by atoms with Gasteiger partial charge in [-0.1, -0.05) is 77.6 Å². The molecule has 84 heavy (non-hydrogen) atoms. The Morgan fingerprint density at radius 2 is 0.857 bits per heavy atom. The number of rotatable bonds is 38. The van der Waals surface area contributed by atoms with E-state index in [0.717, 1.165) is 100 Å². The summed E-state index contributed by atoms with van der Waals surface area (Å²) >= 11 is 0. The molecule has 0 saturated heterocycles. The third-order valence-corrected chi connectivity index (χ3v) is 15.6. The Morgan fingerprint density at radius 1 is 0.500 bits per heavy atom. The molecule has 460 valence electrons. The van der Waals surface area contributed by atoms with E-state index in [9.17, 15) is 45.4 Å². The average Bonchev–Trinajstić information content (AvgIpc) is 4.14. The zero-order chi connectivity index (χ0) is 60.5. The summed E-state index contributed by atoms with van der Waals surface area (Å²) in [7, 11) is 0. The number of hydrogen-bond donors (Lipinski definition) is 10. The molecule has 6 rings (SSSR count). The first-order valence-corrected chi connectivity index (χ1v) is 30.0. The van der Waals surface area contributed by atoms with Crippen LogP contribution < -0.4 is 41.4 Å². The minimum Gasteiger partial charge on any atom is -0.394 e. The second-order valence-electron chi connectivity index (χ2n) is 23.0. The van der Waals surface area contributed by atoms with E-state index in [2.05, 4.69) is 73.4 Å². The second kappa shape index (κ2) is 34.6. The van der Waals surface area contributed by atoms with E-state index in [-0.39, 0.29) is 47.8 Å². The maximum Gasteiger partial charge on any atom is 0.519 e. The Morgan fingerprint density at radius 3 is 1.20 bits per heavy atom. The summed E-state index contributed by atoms with van der Waals surface area (Å²) in [4.78, 5) is 39.6. The van der Waals surface area contributed by atoms with Gasteiger partial charge >= 0.3 is 6.16 Å². The number of carbonyl (C=O) groups is 1. The van der Waals surface area contributed by atoms with Crippen LogP contribution in [0.25, 0.3) is 0 Å². The van der Waals surface area contributed by atoms with Crippen LogP contribution >= 0.6 is 0 Å². The summed E-state index contributed by atoms with van der Waals surface area (Å²) in [6, 6.07) is 24.3. The molecule has 0 amide bonds. The summed E-state index contributed by atoms with van der Waals surface area (Å²) < 4.78 is 11.4. The quantitative estimate of drug-likeness (QED) is 0.00503. The predicted molar refractivity (Wildman–Crippen MR) is 329 cm³/mol. The van der Waals surface area contributed by atoms with Gasteiger partial charge in [-0.2, -0.15) is 0 Å². The van der Waals surface area contributed by atoms with Gasteiger partial charge in [0.1, 0.15) is 36.4 Å². The molecule has 4 aromatic carbocycles. The van der Waals surface area contributed by atoms with Crippen molar-refractivity contribution in [3.05, 3.63) is 152 Å². The maximum atomic E-state index is 13.5. The van der Waals surface area contributed by atoms with Crippen LogP contribution in [0.5, 0.6) is 11.5 Å². The van der Waals surface area contributed by atoms with Crippen LogP contribution in [-0.2, 0) is 12.8 Å².